The van der Waals surface area contributed by atoms with Crippen molar-refractivity contribution in [2.75, 3.05) is 25.5 Å². The average molecular weight is 270 g/mol. The van der Waals surface area contributed by atoms with Crippen LogP contribution in [0.4, 0.5) is 5.69 Å². The number of aromatic nitrogens is 2. The van der Waals surface area contributed by atoms with Gasteiger partial charge in [-0.15, -0.1) is 0 Å². The Hall–Kier alpha value is -1.94. The molecule has 2 rings (SSSR count). The first kappa shape index (κ1) is 14.5. The lowest BCUT2D eigenvalue weighted by molar-refractivity contribution is 0.632. The Morgan fingerprint density at radius 1 is 1.20 bits per heavy atom. The molecule has 1 N–H and O–H groups in total. The molecule has 1 atom stereocenters. The summed E-state index contributed by atoms with van der Waals surface area (Å²) < 4.78 is 0. The first-order valence-electron chi connectivity index (χ1n) is 6.94. The number of nitrogens with one attached hydrogen (secondary N) is 1. The molecular formula is C16H22N4. The zero-order chi connectivity index (χ0) is 14.4. The van der Waals surface area contributed by atoms with Gasteiger partial charge in [-0.2, -0.15) is 0 Å². The lowest BCUT2D eigenvalue weighted by Gasteiger charge is -2.19. The summed E-state index contributed by atoms with van der Waals surface area (Å²) in [5, 5.41) is 3.19. The number of hydrogen-bond acceptors (Lipinski definition) is 4. The molecule has 106 valence electrons. The van der Waals surface area contributed by atoms with Crippen molar-refractivity contribution in [2.24, 2.45) is 0 Å². The van der Waals surface area contributed by atoms with Crippen molar-refractivity contribution in [3.63, 3.8) is 0 Å². The highest BCUT2D eigenvalue weighted by atomic mass is 15.1. The van der Waals surface area contributed by atoms with Crippen LogP contribution in [0.1, 0.15) is 24.2 Å². The minimum absolute atomic E-state index is 0.283. The Kier molecular flexibility index (Phi) is 5.07. The van der Waals surface area contributed by atoms with Crippen LogP contribution in [-0.4, -0.2) is 30.6 Å². The fourth-order valence-electron chi connectivity index (χ4n) is 2.00. The van der Waals surface area contributed by atoms with Crippen LogP contribution in [0.2, 0.25) is 0 Å². The Balaban J connectivity index is 1.94. The topological polar surface area (TPSA) is 41.0 Å². The second-order valence-electron chi connectivity index (χ2n) is 4.98. The molecule has 0 radical (unpaired) electrons. The van der Waals surface area contributed by atoms with Crippen LogP contribution in [0.15, 0.2) is 42.9 Å². The molecule has 0 amide bonds. The normalized spacial score (nSPS) is 12.2. The highest BCUT2D eigenvalue weighted by molar-refractivity contribution is 5.44. The van der Waals surface area contributed by atoms with E-state index in [0.717, 1.165) is 24.3 Å². The Labute approximate surface area is 120 Å². The smallest absolute Gasteiger partial charge is 0.0571 e. The van der Waals surface area contributed by atoms with Gasteiger partial charge in [0.25, 0.3) is 0 Å². The number of anilines is 1. The number of likely N-dealkylation sites (N-methyl/N-ethyl adjacent to an activating group) is 1. The summed E-state index contributed by atoms with van der Waals surface area (Å²) in [6, 6.07) is 8.61. The summed E-state index contributed by atoms with van der Waals surface area (Å²) in [6.45, 7) is 3.07. The molecule has 0 aliphatic rings. The van der Waals surface area contributed by atoms with Crippen LogP contribution >= 0.6 is 0 Å². The van der Waals surface area contributed by atoms with Gasteiger partial charge >= 0.3 is 0 Å². The SMILES string of the molecule is CNC(C)c1ccc(N(C)CCc2ccncc2)cn1. The van der Waals surface area contributed by atoms with E-state index in [1.807, 2.05) is 25.6 Å². The Morgan fingerprint density at radius 3 is 2.55 bits per heavy atom. The molecule has 0 fully saturated rings. The van der Waals surface area contributed by atoms with Crippen molar-refractivity contribution in [1.29, 1.82) is 0 Å². The fraction of sp³-hybridized carbons (Fsp3) is 0.375. The van der Waals surface area contributed by atoms with Crippen molar-refractivity contribution in [1.82, 2.24) is 15.3 Å². The highest BCUT2D eigenvalue weighted by Gasteiger charge is 2.06. The maximum absolute atomic E-state index is 4.51. The van der Waals surface area contributed by atoms with Gasteiger partial charge in [0.1, 0.15) is 0 Å². The van der Waals surface area contributed by atoms with E-state index in [0.29, 0.717) is 0 Å². The van der Waals surface area contributed by atoms with Crippen molar-refractivity contribution in [3.05, 3.63) is 54.1 Å². The lowest BCUT2D eigenvalue weighted by atomic mass is 10.2. The summed E-state index contributed by atoms with van der Waals surface area (Å²) in [5.41, 5.74) is 3.52. The fourth-order valence-corrected chi connectivity index (χ4v) is 2.00. The molecule has 0 aromatic carbocycles. The highest BCUT2D eigenvalue weighted by Crippen LogP contribution is 2.15. The Morgan fingerprint density at radius 2 is 1.95 bits per heavy atom. The summed E-state index contributed by atoms with van der Waals surface area (Å²) in [4.78, 5) is 10.8. The van der Waals surface area contributed by atoms with Gasteiger partial charge in [-0.3, -0.25) is 9.97 Å². The Bertz CT molecular complexity index is 510. The average Bonchev–Trinajstić information content (AvgIpc) is 2.53. The third-order valence-electron chi connectivity index (χ3n) is 3.57. The molecule has 4 nitrogen and oxygen atoms in total. The number of rotatable bonds is 6. The summed E-state index contributed by atoms with van der Waals surface area (Å²) >= 11 is 0. The standard InChI is InChI=1S/C16H22N4/c1-13(17-2)16-5-4-15(12-19-16)20(3)11-8-14-6-9-18-10-7-14/h4-7,9-10,12-13,17H,8,11H2,1-3H3. The maximum Gasteiger partial charge on any atom is 0.0571 e. The molecule has 0 saturated heterocycles. The van der Waals surface area contributed by atoms with E-state index < -0.39 is 0 Å². The quantitative estimate of drug-likeness (QED) is 0.875. The predicted molar refractivity (Wildman–Crippen MR) is 82.9 cm³/mol. The third kappa shape index (κ3) is 3.78. The molecule has 0 spiro atoms. The van der Waals surface area contributed by atoms with Crippen LogP contribution < -0.4 is 10.2 Å². The second kappa shape index (κ2) is 7.01. The minimum Gasteiger partial charge on any atom is -0.373 e. The predicted octanol–water partition coefficient (Wildman–Crippen LogP) is 2.44. The van der Waals surface area contributed by atoms with Crippen molar-refractivity contribution >= 4 is 5.69 Å². The number of hydrogen-bond donors (Lipinski definition) is 1. The second-order valence-corrected chi connectivity index (χ2v) is 4.98. The van der Waals surface area contributed by atoms with Crippen LogP contribution in [-0.2, 0) is 6.42 Å². The van der Waals surface area contributed by atoms with Crippen molar-refractivity contribution < 1.29 is 0 Å². The van der Waals surface area contributed by atoms with Crippen LogP contribution in [0, 0.1) is 0 Å². The molecule has 0 bridgehead atoms. The van der Waals surface area contributed by atoms with Gasteiger partial charge in [0, 0.05) is 32.0 Å². The number of pyridine rings is 2. The molecule has 0 saturated carbocycles. The summed E-state index contributed by atoms with van der Waals surface area (Å²) in [5.74, 6) is 0. The van der Waals surface area contributed by atoms with Gasteiger partial charge in [0.05, 0.1) is 17.6 Å². The molecule has 0 aliphatic heterocycles. The van der Waals surface area contributed by atoms with E-state index in [1.54, 1.807) is 0 Å². The van der Waals surface area contributed by atoms with E-state index in [9.17, 15) is 0 Å². The van der Waals surface area contributed by atoms with Crippen molar-refractivity contribution in [3.8, 4) is 0 Å². The van der Waals surface area contributed by atoms with Gasteiger partial charge in [0.2, 0.25) is 0 Å². The first-order valence-corrected chi connectivity index (χ1v) is 6.94. The van der Waals surface area contributed by atoms with Gasteiger partial charge in [0.15, 0.2) is 0 Å². The molecule has 4 heteroatoms. The van der Waals surface area contributed by atoms with Gasteiger partial charge < -0.3 is 10.2 Å². The van der Waals surface area contributed by atoms with E-state index >= 15 is 0 Å². The van der Waals surface area contributed by atoms with Gasteiger partial charge in [-0.25, -0.2) is 0 Å². The number of nitrogens with zero attached hydrogens (tertiary/aromatic N) is 3. The zero-order valence-corrected chi connectivity index (χ0v) is 12.4. The minimum atomic E-state index is 0.283. The monoisotopic (exact) mass is 270 g/mol. The molecular weight excluding hydrogens is 248 g/mol. The summed E-state index contributed by atoms with van der Waals surface area (Å²) in [6.07, 6.45) is 6.62. The molecule has 1 unspecified atom stereocenters. The van der Waals surface area contributed by atoms with Crippen LogP contribution in [0.3, 0.4) is 0 Å². The summed E-state index contributed by atoms with van der Waals surface area (Å²) in [7, 11) is 4.04. The molecule has 20 heavy (non-hydrogen) atoms. The maximum atomic E-state index is 4.51. The molecule has 2 heterocycles. The van der Waals surface area contributed by atoms with E-state index in [4.69, 9.17) is 0 Å². The van der Waals surface area contributed by atoms with Crippen LogP contribution in [0.25, 0.3) is 0 Å². The van der Waals surface area contributed by atoms with Gasteiger partial charge in [-0.05, 0) is 50.2 Å². The van der Waals surface area contributed by atoms with Crippen molar-refractivity contribution in [2.45, 2.75) is 19.4 Å². The van der Waals surface area contributed by atoms with Gasteiger partial charge in [-0.1, -0.05) is 0 Å². The van der Waals surface area contributed by atoms with E-state index in [-0.39, 0.29) is 6.04 Å². The van der Waals surface area contributed by atoms with E-state index in [1.165, 1.54) is 5.56 Å². The third-order valence-corrected chi connectivity index (χ3v) is 3.57. The van der Waals surface area contributed by atoms with E-state index in [2.05, 4.69) is 58.4 Å². The lowest BCUT2D eigenvalue weighted by Crippen LogP contribution is -2.21. The molecule has 0 aliphatic carbocycles. The zero-order valence-electron chi connectivity index (χ0n) is 12.4. The largest absolute Gasteiger partial charge is 0.373 e. The molecule has 2 aromatic heterocycles. The molecule has 2 aromatic rings. The van der Waals surface area contributed by atoms with Crippen LogP contribution in [0.5, 0.6) is 0 Å². The first-order chi connectivity index (χ1) is 9.70.